The fourth-order valence-corrected chi connectivity index (χ4v) is 1.44. The molecule has 0 aromatic heterocycles. The summed E-state index contributed by atoms with van der Waals surface area (Å²) in [5.41, 5.74) is 1.56. The topological polar surface area (TPSA) is 47.6 Å². The van der Waals surface area contributed by atoms with Crippen LogP contribution in [-0.4, -0.2) is 32.3 Å². The minimum absolute atomic E-state index is 0.126. The molecule has 1 amide bonds. The molecule has 0 saturated carbocycles. The minimum Gasteiger partial charge on any atom is -0.490 e. The number of rotatable bonds is 9. The second-order valence-electron chi connectivity index (χ2n) is 4.39. The zero-order valence-electron chi connectivity index (χ0n) is 11.9. The van der Waals surface area contributed by atoms with Crippen molar-refractivity contribution in [3.05, 3.63) is 54.6 Å². The monoisotopic (exact) mass is 275 g/mol. The molecule has 0 fully saturated rings. The summed E-state index contributed by atoms with van der Waals surface area (Å²) in [6, 6.07) is 6.97. The summed E-state index contributed by atoms with van der Waals surface area (Å²) in [6.45, 7) is 11.1. The Kier molecular flexibility index (Phi) is 7.14. The van der Waals surface area contributed by atoms with E-state index in [4.69, 9.17) is 9.47 Å². The molecule has 4 nitrogen and oxygen atoms in total. The highest BCUT2D eigenvalue weighted by Gasteiger charge is 2.04. The Hall–Kier alpha value is -2.07. The van der Waals surface area contributed by atoms with Gasteiger partial charge in [0.05, 0.1) is 13.2 Å². The second-order valence-corrected chi connectivity index (χ2v) is 4.39. The molecule has 0 unspecified atom stereocenters. The maximum absolute atomic E-state index is 11.8. The first-order valence-electron chi connectivity index (χ1n) is 6.47. The van der Waals surface area contributed by atoms with Gasteiger partial charge in [0.25, 0.3) is 5.91 Å². The minimum atomic E-state index is -0.126. The van der Waals surface area contributed by atoms with Crippen molar-refractivity contribution in [1.29, 1.82) is 0 Å². The van der Waals surface area contributed by atoms with Crippen LogP contribution in [0.15, 0.2) is 49.1 Å². The first-order valence-corrected chi connectivity index (χ1v) is 6.47. The van der Waals surface area contributed by atoms with Gasteiger partial charge in [-0.05, 0) is 31.2 Å². The molecule has 1 N–H and O–H groups in total. The molecule has 4 heteroatoms. The first kappa shape index (κ1) is 16.0. The lowest BCUT2D eigenvalue weighted by molar-refractivity contribution is 0.0927. The van der Waals surface area contributed by atoms with Gasteiger partial charge in [-0.1, -0.05) is 24.8 Å². The molecule has 20 heavy (non-hydrogen) atoms. The van der Waals surface area contributed by atoms with Crippen molar-refractivity contribution in [2.24, 2.45) is 0 Å². The quantitative estimate of drug-likeness (QED) is 0.556. The van der Waals surface area contributed by atoms with Crippen LogP contribution in [0.25, 0.3) is 0 Å². The average Bonchev–Trinajstić information content (AvgIpc) is 2.44. The fourth-order valence-electron chi connectivity index (χ4n) is 1.44. The third kappa shape index (κ3) is 6.20. The van der Waals surface area contributed by atoms with E-state index in [0.29, 0.717) is 37.7 Å². The smallest absolute Gasteiger partial charge is 0.251 e. The van der Waals surface area contributed by atoms with Crippen molar-refractivity contribution in [1.82, 2.24) is 5.32 Å². The zero-order chi connectivity index (χ0) is 14.8. The highest BCUT2D eigenvalue weighted by Crippen LogP contribution is 2.11. The van der Waals surface area contributed by atoms with Crippen LogP contribution < -0.4 is 10.1 Å². The van der Waals surface area contributed by atoms with Gasteiger partial charge >= 0.3 is 0 Å². The second kappa shape index (κ2) is 8.93. The van der Waals surface area contributed by atoms with E-state index in [0.717, 1.165) is 5.57 Å². The number of nitrogens with one attached hydrogen (secondary N) is 1. The van der Waals surface area contributed by atoms with Gasteiger partial charge in [-0.2, -0.15) is 0 Å². The van der Waals surface area contributed by atoms with Crippen molar-refractivity contribution in [3.63, 3.8) is 0 Å². The number of hydrogen-bond acceptors (Lipinski definition) is 3. The molecule has 0 aliphatic rings. The van der Waals surface area contributed by atoms with Crippen molar-refractivity contribution >= 4 is 5.91 Å². The van der Waals surface area contributed by atoms with Crippen molar-refractivity contribution in [3.8, 4) is 5.75 Å². The summed E-state index contributed by atoms with van der Waals surface area (Å²) in [5, 5.41) is 2.78. The molecule has 1 rings (SSSR count). The molecule has 1 aromatic carbocycles. The Morgan fingerprint density at radius 2 is 2.05 bits per heavy atom. The van der Waals surface area contributed by atoms with Crippen molar-refractivity contribution in [2.75, 3.05) is 26.4 Å². The van der Waals surface area contributed by atoms with E-state index >= 15 is 0 Å². The Morgan fingerprint density at radius 1 is 1.35 bits per heavy atom. The molecule has 0 saturated heterocycles. The number of benzene rings is 1. The zero-order valence-corrected chi connectivity index (χ0v) is 11.9. The lowest BCUT2D eigenvalue weighted by Gasteiger charge is -2.07. The van der Waals surface area contributed by atoms with Gasteiger partial charge in [-0.3, -0.25) is 4.79 Å². The Bertz CT molecular complexity index is 451. The largest absolute Gasteiger partial charge is 0.490 e. The van der Waals surface area contributed by atoms with E-state index in [1.165, 1.54) is 0 Å². The molecular formula is C16H21NO3. The molecule has 0 spiro atoms. The van der Waals surface area contributed by atoms with Gasteiger partial charge in [0.2, 0.25) is 0 Å². The maximum Gasteiger partial charge on any atom is 0.251 e. The molecule has 108 valence electrons. The van der Waals surface area contributed by atoms with E-state index in [9.17, 15) is 4.79 Å². The molecule has 0 atom stereocenters. The summed E-state index contributed by atoms with van der Waals surface area (Å²) in [5.74, 6) is 0.588. The maximum atomic E-state index is 11.8. The van der Waals surface area contributed by atoms with E-state index in [1.807, 2.05) is 6.92 Å². The van der Waals surface area contributed by atoms with Crippen LogP contribution in [0.4, 0.5) is 0 Å². The van der Waals surface area contributed by atoms with E-state index < -0.39 is 0 Å². The Morgan fingerprint density at radius 3 is 2.65 bits per heavy atom. The molecular weight excluding hydrogens is 254 g/mol. The normalized spacial score (nSPS) is 9.85. The Balaban J connectivity index is 2.32. The third-order valence-corrected chi connectivity index (χ3v) is 2.36. The molecule has 1 aromatic rings. The highest BCUT2D eigenvalue weighted by molar-refractivity contribution is 5.94. The molecule has 0 aliphatic heterocycles. The lowest BCUT2D eigenvalue weighted by atomic mass is 10.2. The predicted octanol–water partition coefficient (Wildman–Crippen LogP) is 2.57. The van der Waals surface area contributed by atoms with Gasteiger partial charge in [-0.25, -0.2) is 0 Å². The number of ether oxygens (including phenoxy) is 2. The van der Waals surface area contributed by atoms with E-state index in [-0.39, 0.29) is 5.91 Å². The van der Waals surface area contributed by atoms with E-state index in [1.54, 1.807) is 30.3 Å². The highest BCUT2D eigenvalue weighted by atomic mass is 16.5. The summed E-state index contributed by atoms with van der Waals surface area (Å²) < 4.78 is 10.6. The molecule has 0 aliphatic carbocycles. The van der Waals surface area contributed by atoms with Gasteiger partial charge in [0.1, 0.15) is 12.4 Å². The lowest BCUT2D eigenvalue weighted by Crippen LogP contribution is -2.27. The summed E-state index contributed by atoms with van der Waals surface area (Å²) in [6.07, 6.45) is 1.67. The van der Waals surface area contributed by atoms with Crippen LogP contribution in [0, 0.1) is 0 Å². The van der Waals surface area contributed by atoms with Gasteiger partial charge in [0, 0.05) is 12.1 Å². The van der Waals surface area contributed by atoms with Crippen LogP contribution >= 0.6 is 0 Å². The summed E-state index contributed by atoms with van der Waals surface area (Å²) >= 11 is 0. The number of amides is 1. The van der Waals surface area contributed by atoms with Gasteiger partial charge < -0.3 is 14.8 Å². The van der Waals surface area contributed by atoms with Crippen LogP contribution in [-0.2, 0) is 4.74 Å². The molecule has 0 heterocycles. The summed E-state index contributed by atoms with van der Waals surface area (Å²) in [4.78, 5) is 11.8. The standard InChI is InChI=1S/C16H21NO3/c1-4-10-20-15-7-5-14(6-8-15)16(18)17-9-11-19-12-13(2)3/h4-8H,1-2,9-12H2,3H3,(H,17,18). The van der Waals surface area contributed by atoms with Gasteiger partial charge in [0.15, 0.2) is 0 Å². The number of carbonyl (C=O) groups excluding carboxylic acids is 1. The van der Waals surface area contributed by atoms with E-state index in [2.05, 4.69) is 18.5 Å². The third-order valence-electron chi connectivity index (χ3n) is 2.36. The van der Waals surface area contributed by atoms with Crippen LogP contribution in [0.5, 0.6) is 5.75 Å². The van der Waals surface area contributed by atoms with Crippen LogP contribution in [0.3, 0.4) is 0 Å². The Labute approximate surface area is 120 Å². The van der Waals surface area contributed by atoms with Crippen molar-refractivity contribution in [2.45, 2.75) is 6.92 Å². The first-order chi connectivity index (χ1) is 9.63. The number of hydrogen-bond donors (Lipinski definition) is 1. The molecule has 0 radical (unpaired) electrons. The fraction of sp³-hybridized carbons (Fsp3) is 0.312. The van der Waals surface area contributed by atoms with Crippen molar-refractivity contribution < 1.29 is 14.3 Å². The SMILES string of the molecule is C=CCOc1ccc(C(=O)NCCOCC(=C)C)cc1. The molecule has 0 bridgehead atoms. The van der Waals surface area contributed by atoms with Gasteiger partial charge in [-0.15, -0.1) is 0 Å². The summed E-state index contributed by atoms with van der Waals surface area (Å²) in [7, 11) is 0. The van der Waals surface area contributed by atoms with Crippen LogP contribution in [0.1, 0.15) is 17.3 Å². The number of carbonyl (C=O) groups is 1. The predicted molar refractivity (Wildman–Crippen MR) is 80.1 cm³/mol. The average molecular weight is 275 g/mol. The van der Waals surface area contributed by atoms with Crippen LogP contribution in [0.2, 0.25) is 0 Å².